The van der Waals surface area contributed by atoms with Crippen LogP contribution in [0.15, 0.2) is 30.3 Å². The van der Waals surface area contributed by atoms with Gasteiger partial charge in [-0.3, -0.25) is 0 Å². The second-order valence-corrected chi connectivity index (χ2v) is 3.77. The Kier molecular flexibility index (Phi) is 3.41. The molecule has 2 rings (SSSR count). The lowest BCUT2D eigenvalue weighted by Gasteiger charge is -2.09. The van der Waals surface area contributed by atoms with E-state index < -0.39 is 23.2 Å². The maximum Gasteiger partial charge on any atom is 0.341 e. The topological polar surface area (TPSA) is 59.4 Å². The fourth-order valence-electron chi connectivity index (χ4n) is 1.43. The quantitative estimate of drug-likeness (QED) is 0.926. The molecule has 0 atom stereocenters. The van der Waals surface area contributed by atoms with Crippen molar-refractivity contribution in [1.29, 1.82) is 0 Å². The number of aromatic carboxylic acids is 1. The van der Waals surface area contributed by atoms with Crippen molar-refractivity contribution >= 4 is 5.97 Å². The van der Waals surface area contributed by atoms with Crippen LogP contribution >= 0.6 is 0 Å². The molecule has 1 aromatic carbocycles. The lowest BCUT2D eigenvalue weighted by atomic mass is 10.2. The van der Waals surface area contributed by atoms with Gasteiger partial charge in [0.25, 0.3) is 0 Å². The van der Waals surface area contributed by atoms with E-state index >= 15 is 0 Å². The predicted molar refractivity (Wildman–Crippen MR) is 62.4 cm³/mol. The maximum atomic E-state index is 13.3. The summed E-state index contributed by atoms with van der Waals surface area (Å²) in [6.45, 7) is 1.37. The fraction of sp³-hybridized carbons (Fsp3) is 0.0769. The van der Waals surface area contributed by atoms with E-state index in [1.165, 1.54) is 25.1 Å². The molecule has 1 aromatic heterocycles. The van der Waals surface area contributed by atoms with Gasteiger partial charge in [0.15, 0.2) is 0 Å². The monoisotopic (exact) mass is 265 g/mol. The third-order valence-electron chi connectivity index (χ3n) is 2.36. The summed E-state index contributed by atoms with van der Waals surface area (Å²) in [5.41, 5.74) is -0.427. The largest absolute Gasteiger partial charge is 0.477 e. The van der Waals surface area contributed by atoms with Crippen LogP contribution in [-0.4, -0.2) is 16.1 Å². The highest BCUT2D eigenvalue weighted by molar-refractivity contribution is 5.90. The molecule has 4 nitrogen and oxygen atoms in total. The van der Waals surface area contributed by atoms with Crippen molar-refractivity contribution in [2.75, 3.05) is 0 Å². The molecule has 1 N–H and O–H groups in total. The van der Waals surface area contributed by atoms with Gasteiger partial charge in [-0.15, -0.1) is 0 Å². The lowest BCUT2D eigenvalue weighted by Crippen LogP contribution is -2.05. The number of aromatic nitrogens is 1. The first-order chi connectivity index (χ1) is 8.97. The lowest BCUT2D eigenvalue weighted by molar-refractivity contribution is 0.0692. The molecule has 1 heterocycles. The van der Waals surface area contributed by atoms with E-state index in [9.17, 15) is 13.6 Å². The fourth-order valence-corrected chi connectivity index (χ4v) is 1.43. The molecule has 6 heteroatoms. The van der Waals surface area contributed by atoms with E-state index in [2.05, 4.69) is 4.98 Å². The smallest absolute Gasteiger partial charge is 0.341 e. The average molecular weight is 265 g/mol. The summed E-state index contributed by atoms with van der Waals surface area (Å²) in [6, 6.07) is 5.95. The zero-order chi connectivity index (χ0) is 14.0. The second-order valence-electron chi connectivity index (χ2n) is 3.77. The molecule has 0 aliphatic heterocycles. The number of nitrogens with zero attached hydrogens (tertiary/aromatic N) is 1. The minimum absolute atomic E-state index is 0.00333. The zero-order valence-electron chi connectivity index (χ0n) is 9.85. The number of rotatable bonds is 3. The number of ether oxygens (including phenoxy) is 1. The first-order valence-electron chi connectivity index (χ1n) is 5.31. The summed E-state index contributed by atoms with van der Waals surface area (Å²) < 4.78 is 31.5. The molecule has 0 aliphatic rings. The van der Waals surface area contributed by atoms with Gasteiger partial charge >= 0.3 is 5.97 Å². The van der Waals surface area contributed by atoms with Gasteiger partial charge in [-0.05, 0) is 25.1 Å². The summed E-state index contributed by atoms with van der Waals surface area (Å²) in [6.07, 6.45) is 0. The molecule has 2 aromatic rings. The van der Waals surface area contributed by atoms with Crippen LogP contribution in [0.2, 0.25) is 0 Å². The van der Waals surface area contributed by atoms with Gasteiger partial charge in [0.1, 0.15) is 22.9 Å². The molecular formula is C13H9F2NO3. The van der Waals surface area contributed by atoms with Crippen molar-refractivity contribution in [3.05, 3.63) is 53.2 Å². The number of hydrogen-bond acceptors (Lipinski definition) is 3. The molecule has 0 unspecified atom stereocenters. The van der Waals surface area contributed by atoms with E-state index in [1.54, 1.807) is 0 Å². The first-order valence-corrected chi connectivity index (χ1v) is 5.31. The van der Waals surface area contributed by atoms with Crippen LogP contribution in [-0.2, 0) is 0 Å². The van der Waals surface area contributed by atoms with Crippen LogP contribution in [0.1, 0.15) is 16.1 Å². The normalized spacial score (nSPS) is 10.3. The first kappa shape index (κ1) is 12.9. The number of aryl methyl sites for hydroxylation is 1. The minimum atomic E-state index is -1.38. The van der Waals surface area contributed by atoms with Gasteiger partial charge in [-0.1, -0.05) is 6.07 Å². The highest BCUT2D eigenvalue weighted by Gasteiger charge is 2.17. The van der Waals surface area contributed by atoms with Crippen molar-refractivity contribution in [2.45, 2.75) is 6.92 Å². The van der Waals surface area contributed by atoms with E-state index in [4.69, 9.17) is 9.84 Å². The standard InChI is InChI=1S/C13H9F2NO3/c1-7-11(15)6-10(13(17)18)12(16-7)19-9-4-2-3-8(14)5-9/h2-6H,1H3,(H,17,18). The van der Waals surface area contributed by atoms with Crippen LogP contribution in [0.5, 0.6) is 11.6 Å². The second kappa shape index (κ2) is 5.01. The Morgan fingerprint density at radius 2 is 2.05 bits per heavy atom. The minimum Gasteiger partial charge on any atom is -0.477 e. The number of hydrogen-bond donors (Lipinski definition) is 1. The highest BCUT2D eigenvalue weighted by Crippen LogP contribution is 2.25. The van der Waals surface area contributed by atoms with Crippen molar-refractivity contribution in [1.82, 2.24) is 4.98 Å². The van der Waals surface area contributed by atoms with E-state index in [0.717, 1.165) is 12.1 Å². The molecule has 19 heavy (non-hydrogen) atoms. The van der Waals surface area contributed by atoms with Crippen molar-refractivity contribution in [3.8, 4) is 11.6 Å². The summed E-state index contributed by atoms with van der Waals surface area (Å²) >= 11 is 0. The highest BCUT2D eigenvalue weighted by atomic mass is 19.1. The zero-order valence-corrected chi connectivity index (χ0v) is 9.85. The summed E-state index contributed by atoms with van der Waals surface area (Å²) in [7, 11) is 0. The Morgan fingerprint density at radius 3 is 2.68 bits per heavy atom. The Hall–Kier alpha value is -2.50. The van der Waals surface area contributed by atoms with Crippen molar-refractivity contribution < 1.29 is 23.4 Å². The molecule has 0 saturated heterocycles. The Morgan fingerprint density at radius 1 is 1.32 bits per heavy atom. The third kappa shape index (κ3) is 2.85. The van der Waals surface area contributed by atoms with Crippen molar-refractivity contribution in [3.63, 3.8) is 0 Å². The van der Waals surface area contributed by atoms with E-state index in [0.29, 0.717) is 0 Å². The SMILES string of the molecule is Cc1nc(Oc2cccc(F)c2)c(C(=O)O)cc1F. The summed E-state index contributed by atoms with van der Waals surface area (Å²) in [4.78, 5) is 14.7. The summed E-state index contributed by atoms with van der Waals surface area (Å²) in [5.74, 6) is -2.85. The van der Waals surface area contributed by atoms with E-state index in [1.807, 2.05) is 0 Å². The van der Waals surface area contributed by atoms with Gasteiger partial charge < -0.3 is 9.84 Å². The van der Waals surface area contributed by atoms with Crippen LogP contribution in [0.25, 0.3) is 0 Å². The Balaban J connectivity index is 2.44. The van der Waals surface area contributed by atoms with Gasteiger partial charge in [-0.25, -0.2) is 18.6 Å². The van der Waals surface area contributed by atoms with Gasteiger partial charge in [0, 0.05) is 6.07 Å². The third-order valence-corrected chi connectivity index (χ3v) is 2.36. The van der Waals surface area contributed by atoms with Crippen LogP contribution in [0.3, 0.4) is 0 Å². The molecule has 0 saturated carbocycles. The Bertz CT molecular complexity index is 644. The predicted octanol–water partition coefficient (Wildman–Crippen LogP) is 3.16. The van der Waals surface area contributed by atoms with Gasteiger partial charge in [0.2, 0.25) is 5.88 Å². The van der Waals surface area contributed by atoms with Gasteiger partial charge in [-0.2, -0.15) is 0 Å². The molecule has 0 amide bonds. The summed E-state index contributed by atoms with van der Waals surface area (Å²) in [5, 5.41) is 8.95. The number of carboxylic acid groups (broad SMARTS) is 1. The Labute approximate surface area is 107 Å². The number of pyridine rings is 1. The van der Waals surface area contributed by atoms with E-state index in [-0.39, 0.29) is 17.3 Å². The van der Waals surface area contributed by atoms with Crippen LogP contribution in [0, 0.1) is 18.6 Å². The average Bonchev–Trinajstić information content (AvgIpc) is 2.33. The molecular weight excluding hydrogens is 256 g/mol. The number of carbonyl (C=O) groups is 1. The molecule has 0 fully saturated rings. The number of halogens is 2. The van der Waals surface area contributed by atoms with Crippen molar-refractivity contribution in [2.24, 2.45) is 0 Å². The molecule has 0 bridgehead atoms. The molecule has 0 radical (unpaired) electrons. The molecule has 0 spiro atoms. The van der Waals surface area contributed by atoms with Gasteiger partial charge in [0.05, 0.1) is 5.69 Å². The molecule has 0 aliphatic carbocycles. The number of benzene rings is 1. The maximum absolute atomic E-state index is 13.3. The van der Waals surface area contributed by atoms with Crippen LogP contribution < -0.4 is 4.74 Å². The number of carboxylic acids is 1. The molecule has 98 valence electrons. The van der Waals surface area contributed by atoms with Crippen LogP contribution in [0.4, 0.5) is 8.78 Å².